The maximum atomic E-state index is 12.4. The van der Waals surface area contributed by atoms with Crippen LogP contribution in [0.2, 0.25) is 0 Å². The van der Waals surface area contributed by atoms with Crippen molar-refractivity contribution in [3.63, 3.8) is 0 Å². The molecule has 120 valence electrons. The van der Waals surface area contributed by atoms with Crippen LogP contribution in [0.5, 0.6) is 0 Å². The summed E-state index contributed by atoms with van der Waals surface area (Å²) in [6, 6.07) is 10.5. The minimum Gasteiger partial charge on any atom is -0.449 e. The smallest absolute Gasteiger partial charge is 0.414 e. The molecular weight excluding hydrogens is 276 g/mol. The highest BCUT2D eigenvalue weighted by atomic mass is 16.6. The van der Waals surface area contributed by atoms with Crippen LogP contribution in [0.25, 0.3) is 0 Å². The van der Waals surface area contributed by atoms with Gasteiger partial charge in [0.15, 0.2) is 0 Å². The van der Waals surface area contributed by atoms with Gasteiger partial charge in [-0.25, -0.2) is 4.79 Å². The molecule has 22 heavy (non-hydrogen) atoms. The zero-order chi connectivity index (χ0) is 16.1. The molecule has 1 aromatic rings. The van der Waals surface area contributed by atoms with Gasteiger partial charge in [-0.3, -0.25) is 9.80 Å². The summed E-state index contributed by atoms with van der Waals surface area (Å²) in [5.74, 6) is 0. The van der Waals surface area contributed by atoms with Crippen LogP contribution in [0, 0.1) is 0 Å². The maximum Gasteiger partial charge on any atom is 0.414 e. The number of hydrogen-bond acceptors (Lipinski definition) is 3. The molecule has 1 aliphatic heterocycles. The number of carbonyl (C=O) groups excluding carboxylic acids is 1. The average molecular weight is 302 g/mol. The van der Waals surface area contributed by atoms with E-state index >= 15 is 0 Å². The van der Waals surface area contributed by atoms with E-state index in [0.29, 0.717) is 19.2 Å². The first kappa shape index (κ1) is 16.6. The summed E-state index contributed by atoms with van der Waals surface area (Å²) in [4.78, 5) is 16.5. The summed E-state index contributed by atoms with van der Waals surface area (Å²) in [5, 5.41) is 0. The van der Waals surface area contributed by atoms with E-state index in [9.17, 15) is 4.79 Å². The first-order valence-electron chi connectivity index (χ1n) is 7.90. The van der Waals surface area contributed by atoms with Crippen molar-refractivity contribution in [1.29, 1.82) is 0 Å². The van der Waals surface area contributed by atoms with Crippen molar-refractivity contribution < 1.29 is 9.53 Å². The van der Waals surface area contributed by atoms with Crippen LogP contribution >= 0.6 is 0 Å². The van der Waals surface area contributed by atoms with Crippen molar-refractivity contribution in [3.8, 4) is 0 Å². The number of amides is 1. The Hall–Kier alpha value is -1.81. The van der Waals surface area contributed by atoms with Crippen molar-refractivity contribution >= 4 is 6.09 Å². The topological polar surface area (TPSA) is 32.8 Å². The largest absolute Gasteiger partial charge is 0.449 e. The van der Waals surface area contributed by atoms with E-state index in [1.54, 1.807) is 4.90 Å². The maximum absolute atomic E-state index is 12.4. The number of ether oxygens (including phenoxy) is 1. The average Bonchev–Trinajstić information content (AvgIpc) is 2.50. The monoisotopic (exact) mass is 302 g/mol. The zero-order valence-corrected chi connectivity index (χ0v) is 14.0. The molecule has 1 unspecified atom stereocenters. The van der Waals surface area contributed by atoms with Gasteiger partial charge in [0.05, 0.1) is 13.2 Å². The predicted octanol–water partition coefficient (Wildman–Crippen LogP) is 3.64. The van der Waals surface area contributed by atoms with Gasteiger partial charge in [0.25, 0.3) is 0 Å². The van der Waals surface area contributed by atoms with Crippen molar-refractivity contribution in [2.24, 2.45) is 0 Å². The van der Waals surface area contributed by atoms with E-state index in [4.69, 9.17) is 4.74 Å². The third-order valence-corrected chi connectivity index (χ3v) is 4.22. The first-order chi connectivity index (χ1) is 10.5. The molecule has 4 heteroatoms. The van der Waals surface area contributed by atoms with Gasteiger partial charge in [-0.2, -0.15) is 0 Å². The molecule has 1 amide bonds. The van der Waals surface area contributed by atoms with Gasteiger partial charge < -0.3 is 4.74 Å². The van der Waals surface area contributed by atoms with E-state index in [2.05, 4.69) is 25.8 Å². The van der Waals surface area contributed by atoms with E-state index in [-0.39, 0.29) is 6.09 Å². The molecule has 0 bridgehead atoms. The Balaban J connectivity index is 2.28. The Morgan fingerprint density at radius 3 is 2.68 bits per heavy atom. The van der Waals surface area contributed by atoms with Crippen LogP contribution < -0.4 is 0 Å². The Labute approximate surface area is 133 Å². The van der Waals surface area contributed by atoms with E-state index in [1.807, 2.05) is 37.3 Å². The highest BCUT2D eigenvalue weighted by Gasteiger charge is 2.28. The lowest BCUT2D eigenvalue weighted by molar-refractivity contribution is 0.110. The second kappa shape index (κ2) is 7.45. The van der Waals surface area contributed by atoms with Crippen LogP contribution in [0.4, 0.5) is 4.79 Å². The minimum atomic E-state index is -0.252. The van der Waals surface area contributed by atoms with Gasteiger partial charge in [-0.05, 0) is 39.0 Å². The number of hydrogen-bond donors (Lipinski definition) is 0. The van der Waals surface area contributed by atoms with Crippen molar-refractivity contribution in [2.75, 3.05) is 20.2 Å². The SMILES string of the molecule is CCOC(=O)N(Cc1ccccc1)C1=C(C)CN(C)C(C)C1. The lowest BCUT2D eigenvalue weighted by Gasteiger charge is -2.36. The molecule has 2 rings (SSSR count). The van der Waals surface area contributed by atoms with Crippen LogP contribution in [-0.4, -0.2) is 42.1 Å². The van der Waals surface area contributed by atoms with Crippen LogP contribution in [-0.2, 0) is 11.3 Å². The molecule has 0 radical (unpaired) electrons. The molecule has 0 spiro atoms. The summed E-state index contributed by atoms with van der Waals surface area (Å²) in [7, 11) is 2.12. The van der Waals surface area contributed by atoms with Crippen molar-refractivity contribution in [2.45, 2.75) is 39.8 Å². The highest BCUT2D eigenvalue weighted by molar-refractivity contribution is 5.70. The lowest BCUT2D eigenvalue weighted by Crippen LogP contribution is -2.41. The number of rotatable bonds is 4. The van der Waals surface area contributed by atoms with Gasteiger partial charge in [0.1, 0.15) is 0 Å². The van der Waals surface area contributed by atoms with Crippen molar-refractivity contribution in [3.05, 3.63) is 47.2 Å². The molecule has 0 fully saturated rings. The normalized spacial score (nSPS) is 19.2. The standard InChI is InChI=1S/C18H26N2O2/c1-5-22-18(21)20(13-16-9-7-6-8-10-16)17-11-15(3)19(4)12-14(17)2/h6-10,15H,5,11-13H2,1-4H3. The summed E-state index contributed by atoms with van der Waals surface area (Å²) in [6.07, 6.45) is 0.617. The lowest BCUT2D eigenvalue weighted by atomic mass is 10.0. The summed E-state index contributed by atoms with van der Waals surface area (Å²) >= 11 is 0. The first-order valence-corrected chi connectivity index (χ1v) is 7.90. The molecule has 1 heterocycles. The van der Waals surface area contributed by atoms with Crippen LogP contribution in [0.1, 0.15) is 32.8 Å². The predicted molar refractivity (Wildman–Crippen MR) is 88.4 cm³/mol. The number of carbonyl (C=O) groups is 1. The zero-order valence-electron chi connectivity index (χ0n) is 14.0. The van der Waals surface area contributed by atoms with Crippen LogP contribution in [0.15, 0.2) is 41.6 Å². The second-order valence-corrected chi connectivity index (χ2v) is 5.97. The number of likely N-dealkylation sites (N-methyl/N-ethyl adjacent to an activating group) is 1. The van der Waals surface area contributed by atoms with E-state index in [1.165, 1.54) is 5.57 Å². The third kappa shape index (κ3) is 3.89. The second-order valence-electron chi connectivity index (χ2n) is 5.97. The summed E-state index contributed by atoms with van der Waals surface area (Å²) in [5.41, 5.74) is 3.46. The fourth-order valence-corrected chi connectivity index (χ4v) is 2.81. The molecule has 0 aromatic heterocycles. The minimum absolute atomic E-state index is 0.252. The van der Waals surface area contributed by atoms with Gasteiger partial charge in [-0.1, -0.05) is 30.3 Å². The Morgan fingerprint density at radius 2 is 2.05 bits per heavy atom. The molecule has 1 atom stereocenters. The summed E-state index contributed by atoms with van der Waals surface area (Å²) < 4.78 is 5.28. The van der Waals surface area contributed by atoms with Gasteiger partial charge in [0.2, 0.25) is 0 Å². The molecule has 1 aliphatic rings. The molecule has 0 aliphatic carbocycles. The van der Waals surface area contributed by atoms with E-state index < -0.39 is 0 Å². The van der Waals surface area contributed by atoms with Gasteiger partial charge in [-0.15, -0.1) is 0 Å². The van der Waals surface area contributed by atoms with Crippen molar-refractivity contribution in [1.82, 2.24) is 9.80 Å². The van der Waals surface area contributed by atoms with Gasteiger partial charge >= 0.3 is 6.09 Å². The number of nitrogens with zero attached hydrogens (tertiary/aromatic N) is 2. The number of benzene rings is 1. The highest BCUT2D eigenvalue weighted by Crippen LogP contribution is 2.27. The van der Waals surface area contributed by atoms with Gasteiger partial charge in [0, 0.05) is 24.7 Å². The third-order valence-electron chi connectivity index (χ3n) is 4.22. The van der Waals surface area contributed by atoms with E-state index in [0.717, 1.165) is 24.2 Å². The quantitative estimate of drug-likeness (QED) is 0.851. The van der Waals surface area contributed by atoms with Crippen LogP contribution in [0.3, 0.4) is 0 Å². The Kier molecular flexibility index (Phi) is 5.61. The molecule has 0 saturated carbocycles. The fourth-order valence-electron chi connectivity index (χ4n) is 2.81. The Morgan fingerprint density at radius 1 is 1.36 bits per heavy atom. The molecule has 0 saturated heterocycles. The molecule has 4 nitrogen and oxygen atoms in total. The molecule has 1 aromatic carbocycles. The molecular formula is C18H26N2O2. The Bertz CT molecular complexity index is 539. The summed E-state index contributed by atoms with van der Waals surface area (Å²) in [6.45, 7) is 7.99. The fraction of sp³-hybridized carbons (Fsp3) is 0.500. The molecule has 0 N–H and O–H groups in total.